The molecule has 0 N–H and O–H groups in total. The lowest BCUT2D eigenvalue weighted by Crippen LogP contribution is -2.13. The molecule has 3 aromatic carbocycles. The van der Waals surface area contributed by atoms with Gasteiger partial charge < -0.3 is 9.13 Å². The number of fused-ring (bicyclic) bond motifs is 16. The van der Waals surface area contributed by atoms with Crippen molar-refractivity contribution in [3.05, 3.63) is 113 Å². The van der Waals surface area contributed by atoms with Crippen molar-refractivity contribution in [1.82, 2.24) is 17.9 Å². The molecule has 7 heterocycles. The number of thiophene rings is 4. The fourth-order valence-corrected chi connectivity index (χ4v) is 23.3. The second-order valence-corrected chi connectivity index (χ2v) is 34.4. The van der Waals surface area contributed by atoms with Crippen molar-refractivity contribution in [2.75, 3.05) is 0 Å². The molecule has 2 atom stereocenters. The number of carbonyl (C=O) groups excluding carboxylic acids is 2. The highest BCUT2D eigenvalue weighted by Gasteiger charge is 2.39. The van der Waals surface area contributed by atoms with Crippen LogP contribution in [0.3, 0.4) is 0 Å². The van der Waals surface area contributed by atoms with Crippen LogP contribution in [0.1, 0.15) is 325 Å². The van der Waals surface area contributed by atoms with E-state index in [2.05, 4.69) is 50.7 Å². The lowest BCUT2D eigenvalue weighted by Gasteiger charge is -2.25. The van der Waals surface area contributed by atoms with Crippen LogP contribution in [0.5, 0.6) is 0 Å². The zero-order valence-electron chi connectivity index (χ0n) is 63.0. The second kappa shape index (κ2) is 36.7. The molecule has 0 radical (unpaired) electrons. The Hall–Kier alpha value is -7.62. The second-order valence-electron chi connectivity index (χ2n) is 29.7. The number of halogens is 4. The van der Waals surface area contributed by atoms with Crippen LogP contribution in [-0.4, -0.2) is 29.4 Å². The first kappa shape index (κ1) is 78.9. The first-order valence-corrected chi connectivity index (χ1v) is 44.0. The quantitative estimate of drug-likeness (QED) is 0.0158. The number of Topliss-reactive ketones (excluding diaryl/α,β-unsaturated/α-hetero) is 2. The minimum atomic E-state index is -1.18. The van der Waals surface area contributed by atoms with Crippen molar-refractivity contribution in [2.24, 2.45) is 0 Å². The zero-order chi connectivity index (χ0) is 75.4. The first-order chi connectivity index (χ1) is 52.3. The van der Waals surface area contributed by atoms with Crippen LogP contribution < -0.4 is 0 Å². The fraction of sp³-hybridized carbons (Fsp3) is 0.500. The van der Waals surface area contributed by atoms with Crippen LogP contribution in [0.4, 0.5) is 17.6 Å². The SMILES string of the molecule is CCCCCCCCCCCc1c(C=C2C(=O)c3cc(F)c(F)cc3C2=C(C#N)C#N)sc2c1sc1c3c4nsnc4c4c5sc6c(CCCCCCCCCCC)c(/C=C7\C(=O)c8cc(F)c(F)cc8C7=C(C#N)C#N)sc6c5n(C(CCCC)CCCCCC)c4c3n(C(CCCC)CCCCCC)c21. The molecule has 0 fully saturated rings. The number of aromatic nitrogens is 4. The number of aryl methyl sites for hydroxylation is 2. The number of hydrogen-bond acceptors (Lipinski definition) is 13. The molecular weight excluding hydrogens is 1440 g/mol. The smallest absolute Gasteiger partial charge is 0.194 e. The van der Waals surface area contributed by atoms with Gasteiger partial charge in [-0.15, -0.1) is 45.3 Å². The van der Waals surface area contributed by atoms with Crippen LogP contribution in [0, 0.1) is 68.6 Å². The van der Waals surface area contributed by atoms with Crippen molar-refractivity contribution in [1.29, 1.82) is 21.0 Å². The summed E-state index contributed by atoms with van der Waals surface area (Å²) in [7, 11) is 0. The number of allylic oxidation sites excluding steroid dienone is 6. The third-order valence-electron chi connectivity index (χ3n) is 22.4. The molecule has 560 valence electrons. The molecule has 0 saturated carbocycles. The van der Waals surface area contributed by atoms with Crippen LogP contribution in [0.15, 0.2) is 46.6 Å². The topological polar surface area (TPSA) is 165 Å². The lowest BCUT2D eigenvalue weighted by atomic mass is 9.98. The van der Waals surface area contributed by atoms with Crippen molar-refractivity contribution < 1.29 is 27.2 Å². The molecule has 10 nitrogen and oxygen atoms in total. The Bertz CT molecular complexity index is 4950. The summed E-state index contributed by atoms with van der Waals surface area (Å²) < 4.78 is 84.1. The molecular formula is C88H98F4N8O2S5. The van der Waals surface area contributed by atoms with E-state index in [1.165, 1.54) is 75.9 Å². The maximum atomic E-state index is 15.4. The van der Waals surface area contributed by atoms with E-state index < -0.39 is 34.8 Å². The summed E-state index contributed by atoms with van der Waals surface area (Å²) in [5, 5.41) is 44.3. The van der Waals surface area contributed by atoms with Gasteiger partial charge in [-0.1, -0.05) is 221 Å². The van der Waals surface area contributed by atoms with E-state index in [-0.39, 0.29) is 67.8 Å². The molecule has 0 spiro atoms. The van der Waals surface area contributed by atoms with Crippen LogP contribution in [-0.2, 0) is 12.8 Å². The van der Waals surface area contributed by atoms with E-state index in [0.717, 1.165) is 271 Å². The van der Waals surface area contributed by atoms with Crippen molar-refractivity contribution in [3.63, 3.8) is 0 Å². The zero-order valence-corrected chi connectivity index (χ0v) is 67.1. The van der Waals surface area contributed by atoms with Gasteiger partial charge in [-0.3, -0.25) is 9.59 Å². The molecule has 2 aliphatic rings. The highest BCUT2D eigenvalue weighted by molar-refractivity contribution is 7.34. The highest BCUT2D eigenvalue weighted by Crippen LogP contribution is 2.58. The predicted molar refractivity (Wildman–Crippen MR) is 440 cm³/mol. The number of nitrogens with zero attached hydrogens (tertiary/aromatic N) is 8. The number of benzene rings is 3. The van der Waals surface area contributed by atoms with Crippen LogP contribution in [0.2, 0.25) is 0 Å². The average Bonchev–Trinajstić information content (AvgIpc) is 1.50. The third-order valence-corrected chi connectivity index (χ3v) is 28.0. The molecule has 0 saturated heterocycles. The Kier molecular flexibility index (Phi) is 27.1. The van der Waals surface area contributed by atoms with Gasteiger partial charge in [-0.25, -0.2) is 17.6 Å². The standard InChI is InChI=1S/C88H98F4N8O2S5/c1-7-13-19-23-25-27-29-31-35-41-57-69(47-63-71(53(49-93)50-94)59-43-65(89)67(91)45-61(59)81(63)101)103-87-79-85(105-83(57)87)73-75-76(98-107-97-75)74-78(77(73)99(79)55(37-17-11-5)39-33-21-15-9-3)100(56(38-18-12-6)40-34-22-16-10-4)80-86(74)106-84-58(42-36-32-30-28-26-24-20-14-8-2)70(104-88(80)84)48-64-72(54(51-95)52-96)60-44-66(90)68(92)46-62(60)82(64)102/h43-48,55-56H,7-42H2,1-6H3/b63-47-,64-48?. The van der Waals surface area contributed by atoms with Crippen molar-refractivity contribution >= 4 is 164 Å². The van der Waals surface area contributed by atoms with E-state index >= 15 is 17.6 Å². The summed E-state index contributed by atoms with van der Waals surface area (Å²) in [6, 6.07) is 11.7. The summed E-state index contributed by atoms with van der Waals surface area (Å²) in [4.78, 5) is 31.4. The van der Waals surface area contributed by atoms with Gasteiger partial charge in [0.1, 0.15) is 46.5 Å². The Balaban J connectivity index is 1.18. The molecule has 0 amide bonds. The Morgan fingerprint density at radius 2 is 0.701 bits per heavy atom. The normalized spacial score (nSPS) is 14.4. The average molecular weight is 1540 g/mol. The number of rotatable bonds is 40. The molecule has 12 rings (SSSR count). The maximum absolute atomic E-state index is 15.4. The summed E-state index contributed by atoms with van der Waals surface area (Å²) in [5.41, 5.74) is 7.66. The number of ketones is 2. The summed E-state index contributed by atoms with van der Waals surface area (Å²) in [6.45, 7) is 13.5. The number of nitriles is 4. The molecule has 107 heavy (non-hydrogen) atoms. The summed E-state index contributed by atoms with van der Waals surface area (Å²) in [6.07, 6.45) is 41.6. The first-order valence-electron chi connectivity index (χ1n) is 40.0. The maximum Gasteiger partial charge on any atom is 0.194 e. The van der Waals surface area contributed by atoms with E-state index in [1.807, 2.05) is 36.4 Å². The van der Waals surface area contributed by atoms with Crippen molar-refractivity contribution in [2.45, 2.75) is 285 Å². The molecule has 10 aromatic rings. The molecule has 0 aliphatic heterocycles. The van der Waals surface area contributed by atoms with Gasteiger partial charge in [-0.05, 0) is 110 Å². The number of hydrogen-bond donors (Lipinski definition) is 0. The minimum Gasteiger partial charge on any atom is -0.334 e. The minimum absolute atomic E-state index is 0.0124. The van der Waals surface area contributed by atoms with E-state index in [0.29, 0.717) is 12.8 Å². The van der Waals surface area contributed by atoms with E-state index in [4.69, 9.17) is 8.75 Å². The van der Waals surface area contributed by atoms with Crippen LogP contribution in [0.25, 0.3) is 95.4 Å². The van der Waals surface area contributed by atoms with Gasteiger partial charge >= 0.3 is 0 Å². The van der Waals surface area contributed by atoms with Gasteiger partial charge in [-0.2, -0.15) is 29.8 Å². The van der Waals surface area contributed by atoms with Gasteiger partial charge in [0.25, 0.3) is 0 Å². The summed E-state index contributed by atoms with van der Waals surface area (Å²) >= 11 is 8.03. The molecule has 19 heteroatoms. The summed E-state index contributed by atoms with van der Waals surface area (Å²) in [5.74, 6) is -5.85. The Morgan fingerprint density at radius 3 is 1.04 bits per heavy atom. The molecule has 7 aromatic heterocycles. The van der Waals surface area contributed by atoms with Gasteiger partial charge in [0.05, 0.1) is 62.0 Å². The molecule has 2 aliphatic carbocycles. The monoisotopic (exact) mass is 1530 g/mol. The van der Waals surface area contributed by atoms with Gasteiger partial charge in [0, 0.05) is 66.0 Å². The van der Waals surface area contributed by atoms with E-state index in [9.17, 15) is 30.6 Å². The van der Waals surface area contributed by atoms with Gasteiger partial charge in [0.15, 0.2) is 34.8 Å². The molecule has 0 bridgehead atoms. The largest absolute Gasteiger partial charge is 0.334 e. The Morgan fingerprint density at radius 1 is 0.393 bits per heavy atom. The highest BCUT2D eigenvalue weighted by atomic mass is 32.1. The lowest BCUT2D eigenvalue weighted by molar-refractivity contribution is 0.103. The Labute approximate surface area is 647 Å². The predicted octanol–water partition coefficient (Wildman–Crippen LogP) is 28.7. The van der Waals surface area contributed by atoms with Crippen LogP contribution >= 0.6 is 57.1 Å². The fourth-order valence-electron chi connectivity index (χ4n) is 16.8. The van der Waals surface area contributed by atoms with Gasteiger partial charge in [0.2, 0.25) is 0 Å². The van der Waals surface area contributed by atoms with E-state index in [1.54, 1.807) is 45.3 Å². The number of unbranched alkanes of at least 4 members (excludes halogenated alkanes) is 24. The third kappa shape index (κ3) is 15.8. The van der Waals surface area contributed by atoms with Crippen molar-refractivity contribution in [3.8, 4) is 24.3 Å². The molecule has 2 unspecified atom stereocenters. The number of carbonyl (C=O) groups is 2.